The fourth-order valence-corrected chi connectivity index (χ4v) is 2.27. The van der Waals surface area contributed by atoms with Crippen LogP contribution in [0.1, 0.15) is 15.9 Å². The number of aromatic amines is 1. The number of nitrogens with zero attached hydrogens (tertiary/aromatic N) is 1. The predicted octanol–water partition coefficient (Wildman–Crippen LogP) is 2.90. The normalized spacial score (nSPS) is 11.0. The standard InChI is InChI=1S/C17H11BrN2O3/c18-14-6-1-12(2-7-14)3-10-16(21)13-4-8-15(9-5-13)20-11-17(22)23-19-20/h1-11H/p+1/b10-3+. The van der Waals surface area contributed by atoms with Crippen molar-refractivity contribution in [1.82, 2.24) is 5.27 Å². The fourth-order valence-electron chi connectivity index (χ4n) is 2.01. The summed E-state index contributed by atoms with van der Waals surface area (Å²) < 4.78 is 7.02. The Morgan fingerprint density at radius 2 is 1.78 bits per heavy atom. The van der Waals surface area contributed by atoms with E-state index < -0.39 is 5.63 Å². The Balaban J connectivity index is 1.75. The van der Waals surface area contributed by atoms with Gasteiger partial charge in [0.25, 0.3) is 6.20 Å². The molecule has 0 aliphatic carbocycles. The van der Waals surface area contributed by atoms with Gasteiger partial charge in [0, 0.05) is 22.2 Å². The van der Waals surface area contributed by atoms with Crippen LogP contribution in [0.15, 0.2) is 74.6 Å². The number of rotatable bonds is 4. The molecule has 0 aliphatic heterocycles. The average molecular weight is 372 g/mol. The van der Waals surface area contributed by atoms with Gasteiger partial charge in [0.1, 0.15) is 0 Å². The van der Waals surface area contributed by atoms with Crippen molar-refractivity contribution in [3.63, 3.8) is 0 Å². The fraction of sp³-hybridized carbons (Fsp3) is 0. The van der Waals surface area contributed by atoms with E-state index in [9.17, 15) is 9.59 Å². The predicted molar refractivity (Wildman–Crippen MR) is 88.4 cm³/mol. The van der Waals surface area contributed by atoms with Crippen LogP contribution in [0.4, 0.5) is 0 Å². The number of halogens is 1. The van der Waals surface area contributed by atoms with Crippen LogP contribution in [0.5, 0.6) is 0 Å². The number of carbonyl (C=O) groups is 1. The number of H-pyrrole nitrogens is 1. The van der Waals surface area contributed by atoms with E-state index in [1.54, 1.807) is 30.3 Å². The van der Waals surface area contributed by atoms with E-state index in [4.69, 9.17) is 0 Å². The summed E-state index contributed by atoms with van der Waals surface area (Å²) in [6.07, 6.45) is 4.58. The van der Waals surface area contributed by atoms with E-state index in [1.807, 2.05) is 24.3 Å². The van der Waals surface area contributed by atoms with Crippen molar-refractivity contribution in [2.24, 2.45) is 0 Å². The lowest BCUT2D eigenvalue weighted by Crippen LogP contribution is -2.32. The largest absolute Gasteiger partial charge is 0.427 e. The van der Waals surface area contributed by atoms with Gasteiger partial charge in [0.15, 0.2) is 5.78 Å². The molecular weight excluding hydrogens is 360 g/mol. The summed E-state index contributed by atoms with van der Waals surface area (Å²) in [5.74, 6) is -0.0924. The summed E-state index contributed by atoms with van der Waals surface area (Å²) in [7, 11) is 0. The first kappa shape index (κ1) is 15.2. The molecule has 3 aromatic rings. The highest BCUT2D eigenvalue weighted by molar-refractivity contribution is 9.10. The van der Waals surface area contributed by atoms with E-state index in [0.717, 1.165) is 10.0 Å². The number of hydrogen-bond acceptors (Lipinski definition) is 3. The maximum Gasteiger partial charge on any atom is 0.427 e. The molecule has 0 unspecified atom stereocenters. The number of carbonyl (C=O) groups excluding carboxylic acids is 1. The molecule has 5 nitrogen and oxygen atoms in total. The maximum absolute atomic E-state index is 12.2. The Morgan fingerprint density at radius 3 is 2.39 bits per heavy atom. The Morgan fingerprint density at radius 1 is 1.09 bits per heavy atom. The Bertz CT molecular complexity index is 906. The molecule has 0 atom stereocenters. The minimum Gasteiger partial charge on any atom is -0.289 e. The molecule has 6 heteroatoms. The highest BCUT2D eigenvalue weighted by Crippen LogP contribution is 2.12. The average Bonchev–Trinajstić information content (AvgIpc) is 3.01. The van der Waals surface area contributed by atoms with Crippen molar-refractivity contribution in [2.45, 2.75) is 0 Å². The number of hydrogen-bond donors (Lipinski definition) is 1. The molecule has 0 spiro atoms. The number of aromatic nitrogens is 2. The molecule has 3 rings (SSSR count). The van der Waals surface area contributed by atoms with Crippen molar-refractivity contribution in [3.8, 4) is 5.69 Å². The maximum atomic E-state index is 12.2. The molecule has 1 heterocycles. The van der Waals surface area contributed by atoms with Crippen LogP contribution < -0.4 is 10.3 Å². The molecule has 0 fully saturated rings. The van der Waals surface area contributed by atoms with E-state index in [1.165, 1.54) is 17.0 Å². The highest BCUT2D eigenvalue weighted by atomic mass is 79.9. The third kappa shape index (κ3) is 3.73. The number of ketones is 1. The Kier molecular flexibility index (Phi) is 4.34. The van der Waals surface area contributed by atoms with E-state index >= 15 is 0 Å². The van der Waals surface area contributed by atoms with Crippen LogP contribution in [0, 0.1) is 0 Å². The van der Waals surface area contributed by atoms with E-state index in [2.05, 4.69) is 25.7 Å². The first-order chi connectivity index (χ1) is 11.1. The van der Waals surface area contributed by atoms with Gasteiger partial charge in [-0.15, -0.1) is 0 Å². The Labute approximate surface area is 140 Å². The van der Waals surface area contributed by atoms with Crippen LogP contribution in [0.3, 0.4) is 0 Å². The minimum absolute atomic E-state index is 0.0924. The van der Waals surface area contributed by atoms with E-state index in [0.29, 0.717) is 11.3 Å². The topological polar surface area (TPSA) is 66.9 Å². The second kappa shape index (κ2) is 6.58. The summed E-state index contributed by atoms with van der Waals surface area (Å²) in [5.41, 5.74) is 1.74. The van der Waals surface area contributed by atoms with Crippen LogP contribution in [-0.4, -0.2) is 11.1 Å². The van der Waals surface area contributed by atoms with Gasteiger partial charge in [0.2, 0.25) is 5.69 Å². The SMILES string of the molecule is O=C(/C=C/c1ccc(Br)cc1)c1ccc(-[n+]2cc(=O)o[nH]2)cc1. The highest BCUT2D eigenvalue weighted by Gasteiger charge is 2.11. The van der Waals surface area contributed by atoms with Gasteiger partial charge in [-0.2, -0.15) is 0 Å². The van der Waals surface area contributed by atoms with Crippen molar-refractivity contribution in [3.05, 3.63) is 86.8 Å². The smallest absolute Gasteiger partial charge is 0.289 e. The zero-order valence-electron chi connectivity index (χ0n) is 11.9. The zero-order chi connectivity index (χ0) is 16.2. The van der Waals surface area contributed by atoms with Crippen molar-refractivity contribution >= 4 is 27.8 Å². The first-order valence-electron chi connectivity index (χ1n) is 6.80. The molecule has 0 aliphatic rings. The third-order valence-corrected chi connectivity index (χ3v) is 3.73. The molecule has 114 valence electrons. The second-order valence-corrected chi connectivity index (χ2v) is 5.72. The van der Waals surface area contributed by atoms with Gasteiger partial charge < -0.3 is 0 Å². The summed E-state index contributed by atoms with van der Waals surface area (Å²) in [6, 6.07) is 14.5. The van der Waals surface area contributed by atoms with Gasteiger partial charge in [-0.05, 0) is 45.9 Å². The van der Waals surface area contributed by atoms with E-state index in [-0.39, 0.29) is 5.78 Å². The molecule has 0 amide bonds. The number of nitrogens with one attached hydrogen (secondary N) is 1. The molecule has 23 heavy (non-hydrogen) atoms. The quantitative estimate of drug-likeness (QED) is 0.435. The second-order valence-electron chi connectivity index (χ2n) is 4.81. The van der Waals surface area contributed by atoms with Crippen LogP contribution in [0.25, 0.3) is 11.8 Å². The summed E-state index contributed by atoms with van der Waals surface area (Å²) in [4.78, 5) is 23.2. The van der Waals surface area contributed by atoms with Crippen molar-refractivity contribution in [1.29, 1.82) is 0 Å². The lowest BCUT2D eigenvalue weighted by molar-refractivity contribution is -0.670. The molecule has 0 saturated heterocycles. The van der Waals surface area contributed by atoms with Gasteiger partial charge in [-0.1, -0.05) is 34.1 Å². The summed E-state index contributed by atoms with van der Waals surface area (Å²) in [6.45, 7) is 0. The van der Waals surface area contributed by atoms with Gasteiger partial charge >= 0.3 is 5.63 Å². The number of benzene rings is 2. The zero-order valence-corrected chi connectivity index (χ0v) is 13.5. The molecule has 0 saturated carbocycles. The van der Waals surface area contributed by atoms with Crippen molar-refractivity contribution < 1.29 is 14.0 Å². The molecule has 1 N–H and O–H groups in total. The van der Waals surface area contributed by atoms with Crippen molar-refractivity contribution in [2.75, 3.05) is 0 Å². The first-order valence-corrected chi connectivity index (χ1v) is 7.60. The van der Waals surface area contributed by atoms with Crippen LogP contribution >= 0.6 is 15.9 Å². The Hall–Kier alpha value is -2.73. The van der Waals surface area contributed by atoms with Gasteiger partial charge in [0.05, 0.1) is 0 Å². The summed E-state index contributed by atoms with van der Waals surface area (Å²) in [5, 5.41) is 2.45. The lowest BCUT2D eigenvalue weighted by Gasteiger charge is -1.96. The molecule has 0 radical (unpaired) electrons. The molecular formula is C17H12BrN2O3+. The third-order valence-electron chi connectivity index (χ3n) is 3.21. The van der Waals surface area contributed by atoms with Crippen LogP contribution in [-0.2, 0) is 0 Å². The molecule has 0 bridgehead atoms. The molecule has 2 aromatic carbocycles. The summed E-state index contributed by atoms with van der Waals surface area (Å²) >= 11 is 3.37. The van der Waals surface area contributed by atoms with Crippen LogP contribution in [0.2, 0.25) is 0 Å². The minimum atomic E-state index is -0.470. The number of allylic oxidation sites excluding steroid dienone is 1. The van der Waals surface area contributed by atoms with Gasteiger partial charge in [-0.3, -0.25) is 9.32 Å². The van der Waals surface area contributed by atoms with Gasteiger partial charge in [-0.25, -0.2) is 4.79 Å². The molecule has 1 aromatic heterocycles. The monoisotopic (exact) mass is 371 g/mol. The lowest BCUT2D eigenvalue weighted by atomic mass is 10.1.